The molecule has 1 saturated heterocycles. The third-order valence-electron chi connectivity index (χ3n) is 4.31. The van der Waals surface area contributed by atoms with Crippen LogP contribution in [0.5, 0.6) is 0 Å². The van der Waals surface area contributed by atoms with Gasteiger partial charge in [0.15, 0.2) is 5.11 Å². The van der Waals surface area contributed by atoms with Gasteiger partial charge < -0.3 is 15.4 Å². The number of aromatic nitrogens is 2. The number of rotatable bonds is 5. The first kappa shape index (κ1) is 16.9. The smallest absolute Gasteiger partial charge is 0.170 e. The van der Waals surface area contributed by atoms with Crippen LogP contribution in [0.25, 0.3) is 0 Å². The summed E-state index contributed by atoms with van der Waals surface area (Å²) in [6.45, 7) is 6.43. The Labute approximate surface area is 148 Å². The molecule has 1 atom stereocenters. The third-order valence-corrected chi connectivity index (χ3v) is 4.56. The maximum atomic E-state index is 5.61. The molecule has 3 rings (SSSR count). The van der Waals surface area contributed by atoms with Gasteiger partial charge in [0.1, 0.15) is 0 Å². The van der Waals surface area contributed by atoms with E-state index in [1.54, 1.807) is 0 Å². The zero-order valence-corrected chi connectivity index (χ0v) is 15.0. The van der Waals surface area contributed by atoms with Gasteiger partial charge in [-0.05, 0) is 44.5 Å². The van der Waals surface area contributed by atoms with E-state index in [0.717, 1.165) is 49.6 Å². The molecular weight excluding hydrogens is 320 g/mol. The first-order valence-corrected chi connectivity index (χ1v) is 8.78. The molecule has 2 aromatic rings. The molecule has 1 aromatic carbocycles. The minimum absolute atomic E-state index is 0.271. The Hall–Kier alpha value is -1.92. The fourth-order valence-corrected chi connectivity index (χ4v) is 3.14. The van der Waals surface area contributed by atoms with E-state index in [2.05, 4.69) is 34.8 Å². The van der Waals surface area contributed by atoms with Gasteiger partial charge in [-0.25, -0.2) is 0 Å². The molecule has 1 fully saturated rings. The van der Waals surface area contributed by atoms with E-state index in [0.29, 0.717) is 5.11 Å². The number of anilines is 1. The summed E-state index contributed by atoms with van der Waals surface area (Å²) in [7, 11) is 0. The molecule has 1 unspecified atom stereocenters. The van der Waals surface area contributed by atoms with E-state index in [-0.39, 0.29) is 6.10 Å². The van der Waals surface area contributed by atoms with Crippen LogP contribution in [-0.4, -0.2) is 34.1 Å². The van der Waals surface area contributed by atoms with Crippen LogP contribution < -0.4 is 10.6 Å². The van der Waals surface area contributed by atoms with Crippen molar-refractivity contribution in [2.75, 3.05) is 18.5 Å². The molecule has 0 radical (unpaired) electrons. The van der Waals surface area contributed by atoms with Gasteiger partial charge in [-0.15, -0.1) is 0 Å². The monoisotopic (exact) mass is 344 g/mol. The number of hydrogen-bond acceptors (Lipinski definition) is 3. The first-order valence-electron chi connectivity index (χ1n) is 8.38. The molecule has 0 spiro atoms. The van der Waals surface area contributed by atoms with Crippen LogP contribution in [0.2, 0.25) is 0 Å². The topological polar surface area (TPSA) is 51.1 Å². The second-order valence-corrected chi connectivity index (χ2v) is 6.57. The lowest BCUT2D eigenvalue weighted by Crippen LogP contribution is -2.35. The molecule has 6 heteroatoms. The van der Waals surface area contributed by atoms with Gasteiger partial charge in [0, 0.05) is 13.2 Å². The van der Waals surface area contributed by atoms with Gasteiger partial charge in [-0.1, -0.05) is 30.3 Å². The summed E-state index contributed by atoms with van der Waals surface area (Å²) in [6, 6.07) is 10.3. The maximum absolute atomic E-state index is 5.61. The number of ether oxygens (including phenoxy) is 1. The zero-order chi connectivity index (χ0) is 16.9. The van der Waals surface area contributed by atoms with Crippen LogP contribution in [0.15, 0.2) is 30.3 Å². The minimum atomic E-state index is 0.271. The Morgan fingerprint density at radius 2 is 2.12 bits per heavy atom. The Balaban J connectivity index is 1.62. The zero-order valence-electron chi connectivity index (χ0n) is 14.2. The van der Waals surface area contributed by atoms with E-state index in [4.69, 9.17) is 17.0 Å². The molecule has 5 nitrogen and oxygen atoms in total. The van der Waals surface area contributed by atoms with E-state index in [9.17, 15) is 0 Å². The quantitative estimate of drug-likeness (QED) is 0.817. The molecule has 0 amide bonds. The number of nitrogens with zero attached hydrogens (tertiary/aromatic N) is 2. The highest BCUT2D eigenvalue weighted by atomic mass is 32.1. The lowest BCUT2D eigenvalue weighted by atomic mass is 10.2. The van der Waals surface area contributed by atoms with Crippen molar-refractivity contribution in [3.8, 4) is 0 Å². The van der Waals surface area contributed by atoms with Crippen LogP contribution in [0.4, 0.5) is 5.69 Å². The number of aryl methyl sites for hydroxylation is 1. The first-order chi connectivity index (χ1) is 11.6. The van der Waals surface area contributed by atoms with Crippen LogP contribution >= 0.6 is 12.2 Å². The number of hydrogen-bond donors (Lipinski definition) is 2. The molecule has 0 aliphatic carbocycles. The molecule has 0 bridgehead atoms. The second-order valence-electron chi connectivity index (χ2n) is 6.16. The summed E-state index contributed by atoms with van der Waals surface area (Å²) in [6.07, 6.45) is 2.51. The van der Waals surface area contributed by atoms with Crippen molar-refractivity contribution in [3.63, 3.8) is 0 Å². The van der Waals surface area contributed by atoms with Gasteiger partial charge in [-0.3, -0.25) is 4.68 Å². The highest BCUT2D eigenvalue weighted by molar-refractivity contribution is 7.80. The molecule has 128 valence electrons. The Morgan fingerprint density at radius 3 is 2.83 bits per heavy atom. The predicted molar refractivity (Wildman–Crippen MR) is 100 cm³/mol. The minimum Gasteiger partial charge on any atom is -0.376 e. The fourth-order valence-electron chi connectivity index (χ4n) is 2.96. The van der Waals surface area contributed by atoms with Crippen LogP contribution in [0.3, 0.4) is 0 Å². The maximum Gasteiger partial charge on any atom is 0.170 e. The average Bonchev–Trinajstić information content (AvgIpc) is 3.18. The Morgan fingerprint density at radius 1 is 1.33 bits per heavy atom. The van der Waals surface area contributed by atoms with Crippen molar-refractivity contribution in [3.05, 3.63) is 47.3 Å². The summed E-state index contributed by atoms with van der Waals surface area (Å²) in [4.78, 5) is 0. The molecule has 1 aliphatic rings. The van der Waals surface area contributed by atoms with E-state index < -0.39 is 0 Å². The van der Waals surface area contributed by atoms with Crippen molar-refractivity contribution in [2.24, 2.45) is 0 Å². The summed E-state index contributed by atoms with van der Waals surface area (Å²) in [5, 5.41) is 11.8. The summed E-state index contributed by atoms with van der Waals surface area (Å²) in [5.74, 6) is 0. The second kappa shape index (κ2) is 7.77. The standard InChI is InChI=1S/C18H24N4OS/c1-13-17(20-18(24)19-11-16-9-6-10-23-16)14(2)22(21-13)12-15-7-4-3-5-8-15/h3-5,7-8,16H,6,9-12H2,1-2H3,(H2,19,20,24). The van der Waals surface area contributed by atoms with E-state index >= 15 is 0 Å². The van der Waals surface area contributed by atoms with Crippen molar-refractivity contribution in [1.82, 2.24) is 15.1 Å². The highest BCUT2D eigenvalue weighted by Gasteiger charge is 2.17. The molecule has 2 heterocycles. The molecule has 2 N–H and O–H groups in total. The largest absolute Gasteiger partial charge is 0.376 e. The Kier molecular flexibility index (Phi) is 5.48. The van der Waals surface area contributed by atoms with Crippen LogP contribution in [0.1, 0.15) is 29.8 Å². The SMILES string of the molecule is Cc1nn(Cc2ccccc2)c(C)c1NC(=S)NCC1CCCO1. The van der Waals surface area contributed by atoms with Crippen molar-refractivity contribution in [2.45, 2.75) is 39.3 Å². The van der Waals surface area contributed by atoms with E-state index in [1.165, 1.54) is 5.56 Å². The van der Waals surface area contributed by atoms with Crippen molar-refractivity contribution < 1.29 is 4.74 Å². The van der Waals surface area contributed by atoms with E-state index in [1.807, 2.05) is 29.8 Å². The summed E-state index contributed by atoms with van der Waals surface area (Å²) in [5.41, 5.74) is 4.24. The van der Waals surface area contributed by atoms with Crippen molar-refractivity contribution in [1.29, 1.82) is 0 Å². The summed E-state index contributed by atoms with van der Waals surface area (Å²) >= 11 is 5.41. The van der Waals surface area contributed by atoms with Gasteiger partial charge >= 0.3 is 0 Å². The predicted octanol–water partition coefficient (Wildman–Crippen LogP) is 3.01. The Bertz CT molecular complexity index is 693. The lowest BCUT2D eigenvalue weighted by Gasteiger charge is -2.14. The van der Waals surface area contributed by atoms with Gasteiger partial charge in [0.05, 0.1) is 29.7 Å². The van der Waals surface area contributed by atoms with Gasteiger partial charge in [-0.2, -0.15) is 5.10 Å². The van der Waals surface area contributed by atoms with Crippen LogP contribution in [0, 0.1) is 13.8 Å². The van der Waals surface area contributed by atoms with Gasteiger partial charge in [0.25, 0.3) is 0 Å². The molecule has 1 aliphatic heterocycles. The van der Waals surface area contributed by atoms with Crippen molar-refractivity contribution >= 4 is 23.0 Å². The molecular formula is C18H24N4OS. The number of benzene rings is 1. The lowest BCUT2D eigenvalue weighted by molar-refractivity contribution is 0.114. The third kappa shape index (κ3) is 4.13. The average molecular weight is 344 g/mol. The van der Waals surface area contributed by atoms with Crippen LogP contribution in [-0.2, 0) is 11.3 Å². The normalized spacial score (nSPS) is 17.0. The molecule has 24 heavy (non-hydrogen) atoms. The fraction of sp³-hybridized carbons (Fsp3) is 0.444. The number of nitrogens with one attached hydrogen (secondary N) is 2. The molecule has 0 saturated carbocycles. The number of thiocarbonyl (C=S) groups is 1. The van der Waals surface area contributed by atoms with Gasteiger partial charge in [0.2, 0.25) is 0 Å². The highest BCUT2D eigenvalue weighted by Crippen LogP contribution is 2.20. The summed E-state index contributed by atoms with van der Waals surface area (Å²) < 4.78 is 7.61. The molecule has 1 aromatic heterocycles.